The highest BCUT2D eigenvalue weighted by atomic mass is 32.1. The second-order valence-electron chi connectivity index (χ2n) is 7.00. The monoisotopic (exact) mass is 391 g/mol. The summed E-state index contributed by atoms with van der Waals surface area (Å²) in [6.45, 7) is 3.57. The lowest BCUT2D eigenvalue weighted by Crippen LogP contribution is -2.19. The van der Waals surface area contributed by atoms with E-state index in [0.29, 0.717) is 10.2 Å². The van der Waals surface area contributed by atoms with Crippen molar-refractivity contribution in [1.29, 1.82) is 5.26 Å². The molecule has 0 bridgehead atoms. The Morgan fingerprint density at radius 3 is 2.71 bits per heavy atom. The highest BCUT2D eigenvalue weighted by Gasteiger charge is 2.17. The molecule has 1 aliphatic rings. The second kappa shape index (κ2) is 8.01. The molecular weight excluding hydrogens is 370 g/mol. The maximum Gasteiger partial charge on any atom is 0.270 e. The maximum absolute atomic E-state index is 11.8. The van der Waals surface area contributed by atoms with Gasteiger partial charge in [0.15, 0.2) is 5.56 Å². The lowest BCUT2D eigenvalue weighted by molar-refractivity contribution is 0.346. The first kappa shape index (κ1) is 18.5. The van der Waals surface area contributed by atoms with Crippen molar-refractivity contribution in [2.45, 2.75) is 19.3 Å². The van der Waals surface area contributed by atoms with Gasteiger partial charge in [-0.25, -0.2) is 0 Å². The summed E-state index contributed by atoms with van der Waals surface area (Å²) in [6, 6.07) is 9.86. The van der Waals surface area contributed by atoms with Crippen molar-refractivity contribution in [2.75, 3.05) is 19.6 Å². The Kier molecular flexibility index (Phi) is 5.29. The van der Waals surface area contributed by atoms with E-state index in [2.05, 4.69) is 22.0 Å². The molecule has 28 heavy (non-hydrogen) atoms. The van der Waals surface area contributed by atoms with E-state index >= 15 is 0 Å². The molecule has 0 saturated carbocycles. The fraction of sp³-hybridized carbons (Fsp3) is 0.273. The second-order valence-corrected chi connectivity index (χ2v) is 7.88. The van der Waals surface area contributed by atoms with Gasteiger partial charge in [0.2, 0.25) is 0 Å². The molecule has 1 fully saturated rings. The molecule has 1 saturated heterocycles. The predicted molar refractivity (Wildman–Crippen MR) is 114 cm³/mol. The molecule has 6 heteroatoms. The van der Waals surface area contributed by atoms with Crippen LogP contribution in [-0.4, -0.2) is 34.6 Å². The Morgan fingerprint density at radius 2 is 2.00 bits per heavy atom. The largest absolute Gasteiger partial charge is 0.506 e. The highest BCUT2D eigenvalue weighted by Crippen LogP contribution is 2.38. The zero-order valence-electron chi connectivity index (χ0n) is 15.4. The molecule has 3 aromatic rings. The Morgan fingerprint density at radius 1 is 1.25 bits per heavy atom. The van der Waals surface area contributed by atoms with Gasteiger partial charge in [-0.1, -0.05) is 36.4 Å². The number of aromatic amines is 1. The summed E-state index contributed by atoms with van der Waals surface area (Å²) in [7, 11) is 0. The van der Waals surface area contributed by atoms with E-state index in [1.54, 1.807) is 6.07 Å². The molecule has 0 aliphatic carbocycles. The number of hydrogen-bond acceptors (Lipinski definition) is 5. The smallest absolute Gasteiger partial charge is 0.270 e. The number of benzene rings is 1. The minimum atomic E-state index is -0.560. The van der Waals surface area contributed by atoms with Crippen molar-refractivity contribution in [1.82, 2.24) is 9.88 Å². The Labute approximate surface area is 167 Å². The molecule has 0 radical (unpaired) electrons. The number of nitriles is 1. The molecule has 1 aliphatic heterocycles. The lowest BCUT2D eigenvalue weighted by atomic mass is 10.0. The average Bonchev–Trinajstić information content (AvgIpc) is 3.36. The van der Waals surface area contributed by atoms with Gasteiger partial charge in [0.1, 0.15) is 16.6 Å². The van der Waals surface area contributed by atoms with E-state index in [4.69, 9.17) is 5.26 Å². The predicted octanol–water partition coefficient (Wildman–Crippen LogP) is 4.33. The third-order valence-electron chi connectivity index (χ3n) is 5.17. The molecule has 2 aromatic heterocycles. The highest BCUT2D eigenvalue weighted by molar-refractivity contribution is 7.17. The van der Waals surface area contributed by atoms with E-state index in [1.165, 1.54) is 37.3 Å². The third kappa shape index (κ3) is 3.59. The molecule has 0 amide bonds. The number of pyridine rings is 1. The van der Waals surface area contributed by atoms with Gasteiger partial charge in [-0.2, -0.15) is 5.26 Å². The summed E-state index contributed by atoms with van der Waals surface area (Å²) in [6.07, 6.45) is 8.04. The van der Waals surface area contributed by atoms with Crippen LogP contribution in [0.5, 0.6) is 5.75 Å². The molecule has 0 atom stereocenters. The van der Waals surface area contributed by atoms with Gasteiger partial charge in [0.25, 0.3) is 5.56 Å². The van der Waals surface area contributed by atoms with Gasteiger partial charge in [0.05, 0.1) is 5.39 Å². The Bertz CT molecular complexity index is 1110. The summed E-state index contributed by atoms with van der Waals surface area (Å²) < 4.78 is 0. The topological polar surface area (TPSA) is 80.1 Å². The molecule has 5 nitrogen and oxygen atoms in total. The van der Waals surface area contributed by atoms with Crippen LogP contribution in [0.2, 0.25) is 0 Å². The van der Waals surface area contributed by atoms with Gasteiger partial charge >= 0.3 is 0 Å². The Hall–Kier alpha value is -2.88. The van der Waals surface area contributed by atoms with E-state index in [9.17, 15) is 9.90 Å². The van der Waals surface area contributed by atoms with Crippen molar-refractivity contribution in [3.05, 3.63) is 57.2 Å². The van der Waals surface area contributed by atoms with Crippen LogP contribution in [-0.2, 0) is 0 Å². The molecule has 2 N–H and O–H groups in total. The lowest BCUT2D eigenvalue weighted by Gasteiger charge is -2.11. The van der Waals surface area contributed by atoms with Gasteiger partial charge in [-0.3, -0.25) is 4.79 Å². The molecule has 1 aromatic carbocycles. The zero-order valence-corrected chi connectivity index (χ0v) is 16.3. The van der Waals surface area contributed by atoms with Gasteiger partial charge in [-0.15, -0.1) is 11.3 Å². The number of aromatic hydroxyl groups is 1. The number of fused-ring (bicyclic) bond motifs is 1. The van der Waals surface area contributed by atoms with Crippen molar-refractivity contribution in [2.24, 2.45) is 0 Å². The molecule has 3 heterocycles. The normalized spacial score (nSPS) is 14.8. The fourth-order valence-electron chi connectivity index (χ4n) is 3.66. The van der Waals surface area contributed by atoms with Crippen LogP contribution in [0.3, 0.4) is 0 Å². The average molecular weight is 391 g/mol. The number of aromatic nitrogens is 1. The van der Waals surface area contributed by atoms with Crippen LogP contribution in [0.25, 0.3) is 27.4 Å². The molecule has 0 unspecified atom stereocenters. The molecular formula is C22H21N3O2S. The number of likely N-dealkylation sites (tertiary alicyclic amines) is 1. The summed E-state index contributed by atoms with van der Waals surface area (Å²) in [5.74, 6) is -0.247. The van der Waals surface area contributed by atoms with Gasteiger partial charge in [0, 0.05) is 17.5 Å². The quantitative estimate of drug-likeness (QED) is 0.678. The summed E-state index contributed by atoms with van der Waals surface area (Å²) in [4.78, 5) is 17.6. The van der Waals surface area contributed by atoms with Crippen LogP contribution in [0, 0.1) is 11.3 Å². The number of nitrogens with one attached hydrogen (secondary N) is 1. The van der Waals surface area contributed by atoms with E-state index in [1.807, 2.05) is 29.6 Å². The van der Waals surface area contributed by atoms with Crippen LogP contribution in [0.4, 0.5) is 0 Å². The van der Waals surface area contributed by atoms with E-state index in [0.717, 1.165) is 29.7 Å². The summed E-state index contributed by atoms with van der Waals surface area (Å²) in [5, 5.41) is 21.9. The Balaban J connectivity index is 1.54. The van der Waals surface area contributed by atoms with Crippen molar-refractivity contribution in [3.8, 4) is 22.9 Å². The number of thiophene rings is 1. The minimum absolute atomic E-state index is 0.246. The number of rotatable bonds is 5. The molecule has 142 valence electrons. The van der Waals surface area contributed by atoms with Crippen LogP contribution >= 0.6 is 11.3 Å². The first-order valence-corrected chi connectivity index (χ1v) is 10.3. The van der Waals surface area contributed by atoms with E-state index in [-0.39, 0.29) is 11.3 Å². The van der Waals surface area contributed by atoms with Gasteiger partial charge in [-0.05, 0) is 43.5 Å². The van der Waals surface area contributed by atoms with Crippen LogP contribution in [0.15, 0.2) is 40.5 Å². The standard InChI is InChI=1S/C22H21N3O2S/c23-13-17-20(26)19-18(14-28-22(19)24-21(17)27)16-8-6-15(7-9-16)5-1-2-10-25-11-3-4-12-25/h1,5-9,14H,2-4,10-12H2,(H2,24,26,27)/b5-1+. The first-order chi connectivity index (χ1) is 13.7. The summed E-state index contributed by atoms with van der Waals surface area (Å²) in [5.41, 5.74) is 2.07. The SMILES string of the molecule is N#Cc1c(O)c2c(-c3ccc(/C=C/CCN4CCCC4)cc3)csc2[nH]c1=O. The molecule has 4 rings (SSSR count). The maximum atomic E-state index is 11.8. The van der Waals surface area contributed by atoms with Crippen molar-refractivity contribution < 1.29 is 5.11 Å². The number of H-pyrrole nitrogens is 1. The minimum Gasteiger partial charge on any atom is -0.506 e. The first-order valence-electron chi connectivity index (χ1n) is 9.43. The van der Waals surface area contributed by atoms with Crippen molar-refractivity contribution >= 4 is 27.6 Å². The third-order valence-corrected chi connectivity index (χ3v) is 6.07. The van der Waals surface area contributed by atoms with Crippen molar-refractivity contribution in [3.63, 3.8) is 0 Å². The van der Waals surface area contributed by atoms with Crippen LogP contribution in [0.1, 0.15) is 30.4 Å². The summed E-state index contributed by atoms with van der Waals surface area (Å²) >= 11 is 1.35. The zero-order chi connectivity index (χ0) is 19.5. The van der Waals surface area contributed by atoms with Gasteiger partial charge < -0.3 is 15.0 Å². The van der Waals surface area contributed by atoms with Crippen LogP contribution < -0.4 is 5.56 Å². The number of hydrogen-bond donors (Lipinski definition) is 2. The fourth-order valence-corrected chi connectivity index (χ4v) is 4.62. The number of nitrogens with zero attached hydrogens (tertiary/aromatic N) is 2. The molecule has 0 spiro atoms. The van der Waals surface area contributed by atoms with E-state index < -0.39 is 5.56 Å².